The molecule has 2 aliphatic heterocycles. The number of aryl methyl sites for hydroxylation is 1. The van der Waals surface area contributed by atoms with Crippen LogP contribution in [0.4, 0.5) is 0 Å². The Morgan fingerprint density at radius 1 is 1.29 bits per heavy atom. The lowest BCUT2D eigenvalue weighted by Gasteiger charge is -2.36. The van der Waals surface area contributed by atoms with E-state index in [1.807, 2.05) is 0 Å². The number of hydrogen-bond donors (Lipinski definition) is 2. The molecule has 2 saturated heterocycles. The fourth-order valence-corrected chi connectivity index (χ4v) is 3.70. The van der Waals surface area contributed by atoms with Gasteiger partial charge in [-0.2, -0.15) is 0 Å². The highest BCUT2D eigenvalue weighted by Gasteiger charge is 2.32. The number of amides is 2. The summed E-state index contributed by atoms with van der Waals surface area (Å²) in [6, 6.07) is 7.95. The zero-order valence-electron chi connectivity index (χ0n) is 14.4. The van der Waals surface area contributed by atoms with Crippen LogP contribution >= 0.6 is 0 Å². The van der Waals surface area contributed by atoms with Gasteiger partial charge in [0.25, 0.3) is 0 Å². The van der Waals surface area contributed by atoms with E-state index in [0.717, 1.165) is 45.2 Å². The predicted octanol–water partition coefficient (Wildman–Crippen LogP) is 1.74. The molecule has 1 aromatic carbocycles. The summed E-state index contributed by atoms with van der Waals surface area (Å²) in [7, 11) is 0. The summed E-state index contributed by atoms with van der Waals surface area (Å²) in [4.78, 5) is 26.9. The summed E-state index contributed by atoms with van der Waals surface area (Å²) in [6.45, 7) is 4.53. The molecule has 2 fully saturated rings. The number of nitrogens with zero attached hydrogens (tertiary/aromatic N) is 1. The van der Waals surface area contributed by atoms with E-state index in [4.69, 9.17) is 0 Å². The second-order valence-electron chi connectivity index (χ2n) is 6.97. The van der Waals surface area contributed by atoms with Crippen molar-refractivity contribution >= 4 is 11.8 Å². The Morgan fingerprint density at radius 2 is 2.17 bits per heavy atom. The minimum absolute atomic E-state index is 0.00408. The molecule has 0 aromatic heterocycles. The van der Waals surface area contributed by atoms with Gasteiger partial charge in [-0.15, -0.1) is 0 Å². The molecule has 2 amide bonds. The molecule has 2 heterocycles. The summed E-state index contributed by atoms with van der Waals surface area (Å²) < 4.78 is 0. The number of carbonyl (C=O) groups is 2. The van der Waals surface area contributed by atoms with Crippen LogP contribution in [0.5, 0.6) is 0 Å². The average molecular weight is 329 g/mol. The Morgan fingerprint density at radius 3 is 2.96 bits per heavy atom. The molecular formula is C19H27N3O2. The molecule has 0 aliphatic carbocycles. The van der Waals surface area contributed by atoms with Gasteiger partial charge in [-0.3, -0.25) is 14.5 Å². The van der Waals surface area contributed by atoms with Gasteiger partial charge in [0.2, 0.25) is 11.8 Å². The van der Waals surface area contributed by atoms with Crippen molar-refractivity contribution < 1.29 is 9.59 Å². The van der Waals surface area contributed by atoms with Crippen molar-refractivity contribution in [2.45, 2.75) is 57.7 Å². The SMILES string of the molecule is Cc1cccc(CN2CCCC[C@@H]2C(=O)N[C@@H]2CCCNC2=O)c1. The summed E-state index contributed by atoms with van der Waals surface area (Å²) in [6.07, 6.45) is 4.72. The molecule has 0 bridgehead atoms. The maximum absolute atomic E-state index is 12.7. The zero-order chi connectivity index (χ0) is 16.9. The van der Waals surface area contributed by atoms with Gasteiger partial charge in [-0.25, -0.2) is 0 Å². The number of piperidine rings is 2. The van der Waals surface area contributed by atoms with E-state index in [9.17, 15) is 9.59 Å². The first kappa shape index (κ1) is 17.0. The van der Waals surface area contributed by atoms with Gasteiger partial charge >= 0.3 is 0 Å². The topological polar surface area (TPSA) is 61.4 Å². The maximum Gasteiger partial charge on any atom is 0.242 e. The predicted molar refractivity (Wildman–Crippen MR) is 93.4 cm³/mol. The quantitative estimate of drug-likeness (QED) is 0.885. The Labute approximate surface area is 143 Å². The molecule has 24 heavy (non-hydrogen) atoms. The van der Waals surface area contributed by atoms with Gasteiger partial charge in [-0.1, -0.05) is 36.2 Å². The number of hydrogen-bond acceptors (Lipinski definition) is 3. The van der Waals surface area contributed by atoms with Crippen molar-refractivity contribution in [1.29, 1.82) is 0 Å². The minimum atomic E-state index is -0.367. The van der Waals surface area contributed by atoms with Crippen molar-refractivity contribution in [2.75, 3.05) is 13.1 Å². The van der Waals surface area contributed by atoms with Crippen LogP contribution in [0, 0.1) is 6.92 Å². The van der Waals surface area contributed by atoms with Gasteiger partial charge < -0.3 is 10.6 Å². The molecule has 0 unspecified atom stereocenters. The van der Waals surface area contributed by atoms with E-state index in [1.165, 1.54) is 11.1 Å². The first-order valence-electron chi connectivity index (χ1n) is 9.01. The number of carbonyl (C=O) groups excluding carboxylic acids is 2. The van der Waals surface area contributed by atoms with Gasteiger partial charge in [0.15, 0.2) is 0 Å². The fraction of sp³-hybridized carbons (Fsp3) is 0.579. The van der Waals surface area contributed by atoms with Gasteiger partial charge in [0.05, 0.1) is 6.04 Å². The van der Waals surface area contributed by atoms with Crippen LogP contribution < -0.4 is 10.6 Å². The standard InChI is InChI=1S/C19H27N3O2/c1-14-6-4-7-15(12-14)13-22-11-3-2-9-17(22)19(24)21-16-8-5-10-20-18(16)23/h4,6-7,12,16-17H,2-3,5,8-11,13H2,1H3,(H,20,23)(H,21,24)/t16-,17-/m1/s1. The Hall–Kier alpha value is -1.88. The van der Waals surface area contributed by atoms with E-state index in [1.54, 1.807) is 0 Å². The van der Waals surface area contributed by atoms with Crippen LogP contribution in [0.1, 0.15) is 43.2 Å². The average Bonchev–Trinajstić information content (AvgIpc) is 2.57. The molecule has 0 saturated carbocycles. The van der Waals surface area contributed by atoms with Crippen LogP contribution in [-0.4, -0.2) is 41.9 Å². The molecule has 3 rings (SSSR count). The first-order valence-corrected chi connectivity index (χ1v) is 9.01. The lowest BCUT2D eigenvalue weighted by Crippen LogP contribution is -2.56. The van der Waals surface area contributed by atoms with E-state index in [0.29, 0.717) is 6.54 Å². The second-order valence-corrected chi connectivity index (χ2v) is 6.97. The number of nitrogens with one attached hydrogen (secondary N) is 2. The highest BCUT2D eigenvalue weighted by molar-refractivity contribution is 5.90. The lowest BCUT2D eigenvalue weighted by atomic mass is 9.99. The number of likely N-dealkylation sites (tertiary alicyclic amines) is 1. The monoisotopic (exact) mass is 329 g/mol. The van der Waals surface area contributed by atoms with Gasteiger partial charge in [-0.05, 0) is 44.7 Å². The van der Waals surface area contributed by atoms with E-state index in [2.05, 4.69) is 46.7 Å². The Balaban J connectivity index is 1.65. The van der Waals surface area contributed by atoms with E-state index < -0.39 is 0 Å². The van der Waals surface area contributed by atoms with E-state index in [-0.39, 0.29) is 23.9 Å². The first-order chi connectivity index (χ1) is 11.6. The maximum atomic E-state index is 12.7. The van der Waals surface area contributed by atoms with Crippen LogP contribution in [0.25, 0.3) is 0 Å². The summed E-state index contributed by atoms with van der Waals surface area (Å²) in [5, 5.41) is 5.80. The molecule has 1 aromatic rings. The van der Waals surface area contributed by atoms with Crippen molar-refractivity contribution in [2.24, 2.45) is 0 Å². The van der Waals surface area contributed by atoms with E-state index >= 15 is 0 Å². The molecule has 0 radical (unpaired) electrons. The third-order valence-corrected chi connectivity index (χ3v) is 4.99. The Kier molecular flexibility index (Phi) is 5.51. The number of rotatable bonds is 4. The minimum Gasteiger partial charge on any atom is -0.354 e. The third-order valence-electron chi connectivity index (χ3n) is 4.99. The van der Waals surface area contributed by atoms with Crippen molar-refractivity contribution in [3.8, 4) is 0 Å². The van der Waals surface area contributed by atoms with Gasteiger partial charge in [0, 0.05) is 13.1 Å². The summed E-state index contributed by atoms with van der Waals surface area (Å²) in [5.41, 5.74) is 2.48. The Bertz CT molecular complexity index is 602. The van der Waals surface area contributed by atoms with Crippen LogP contribution in [-0.2, 0) is 16.1 Å². The molecule has 5 nitrogen and oxygen atoms in total. The molecule has 2 atom stereocenters. The second kappa shape index (κ2) is 7.79. The zero-order valence-corrected chi connectivity index (χ0v) is 14.4. The highest BCUT2D eigenvalue weighted by Crippen LogP contribution is 2.21. The fourth-order valence-electron chi connectivity index (χ4n) is 3.70. The third kappa shape index (κ3) is 4.15. The lowest BCUT2D eigenvalue weighted by molar-refractivity contribution is -0.133. The molecule has 130 valence electrons. The molecule has 2 aliphatic rings. The van der Waals surface area contributed by atoms with Crippen molar-refractivity contribution in [3.05, 3.63) is 35.4 Å². The molecule has 2 N–H and O–H groups in total. The van der Waals surface area contributed by atoms with Crippen LogP contribution in [0.2, 0.25) is 0 Å². The van der Waals surface area contributed by atoms with Crippen molar-refractivity contribution in [1.82, 2.24) is 15.5 Å². The smallest absolute Gasteiger partial charge is 0.242 e. The largest absolute Gasteiger partial charge is 0.354 e. The van der Waals surface area contributed by atoms with Gasteiger partial charge in [0.1, 0.15) is 6.04 Å². The summed E-state index contributed by atoms with van der Waals surface area (Å²) in [5.74, 6) is -0.0416. The van der Waals surface area contributed by atoms with Crippen molar-refractivity contribution in [3.63, 3.8) is 0 Å². The molecule has 5 heteroatoms. The van der Waals surface area contributed by atoms with Crippen LogP contribution in [0.3, 0.4) is 0 Å². The summed E-state index contributed by atoms with van der Waals surface area (Å²) >= 11 is 0. The highest BCUT2D eigenvalue weighted by atomic mass is 16.2. The molecule has 0 spiro atoms. The molecular weight excluding hydrogens is 302 g/mol. The normalized spacial score (nSPS) is 25.1. The van der Waals surface area contributed by atoms with Crippen LogP contribution in [0.15, 0.2) is 24.3 Å². The number of benzene rings is 1.